The molecule has 0 saturated carbocycles. The Kier molecular flexibility index (Phi) is 5.25. The summed E-state index contributed by atoms with van der Waals surface area (Å²) in [5.74, 6) is -0.488. The molecule has 6 heteroatoms. The number of aliphatic hydroxyl groups is 1. The van der Waals surface area contributed by atoms with Crippen molar-refractivity contribution in [3.63, 3.8) is 0 Å². The molecule has 0 aromatic heterocycles. The summed E-state index contributed by atoms with van der Waals surface area (Å²) in [6, 6.07) is 8.47. The zero-order valence-corrected chi connectivity index (χ0v) is 14.2. The summed E-state index contributed by atoms with van der Waals surface area (Å²) in [4.78, 5) is 25.9. The SMILES string of the molecule is CC(C)(C)OC(=O)N1CC(O)C(CC(=O)c2cccc(C#N)c2)C1. The molecular formula is C18H22N2O4. The van der Waals surface area contributed by atoms with Gasteiger partial charge in [0.15, 0.2) is 5.78 Å². The van der Waals surface area contributed by atoms with Crippen molar-refractivity contribution in [2.45, 2.75) is 38.9 Å². The molecule has 1 aromatic carbocycles. The first-order chi connectivity index (χ1) is 11.2. The number of aliphatic hydroxyl groups excluding tert-OH is 1. The van der Waals surface area contributed by atoms with E-state index in [-0.39, 0.29) is 31.2 Å². The van der Waals surface area contributed by atoms with Crippen LogP contribution in [0, 0.1) is 17.2 Å². The first-order valence-corrected chi connectivity index (χ1v) is 7.89. The molecule has 128 valence electrons. The number of nitrogens with zero attached hydrogens (tertiary/aromatic N) is 2. The van der Waals surface area contributed by atoms with Crippen molar-refractivity contribution in [1.29, 1.82) is 5.26 Å². The second-order valence-electron chi connectivity index (χ2n) is 7.03. The lowest BCUT2D eigenvalue weighted by molar-refractivity contribution is 0.0269. The van der Waals surface area contributed by atoms with Gasteiger partial charge < -0.3 is 14.7 Å². The zero-order valence-electron chi connectivity index (χ0n) is 14.2. The lowest BCUT2D eigenvalue weighted by Gasteiger charge is -2.24. The van der Waals surface area contributed by atoms with Crippen molar-refractivity contribution in [3.8, 4) is 6.07 Å². The van der Waals surface area contributed by atoms with Gasteiger partial charge in [-0.2, -0.15) is 5.26 Å². The number of rotatable bonds is 3. The minimum Gasteiger partial charge on any atom is -0.444 e. The number of ketones is 1. The highest BCUT2D eigenvalue weighted by Crippen LogP contribution is 2.24. The fraction of sp³-hybridized carbons (Fsp3) is 0.500. The van der Waals surface area contributed by atoms with E-state index in [2.05, 4.69) is 0 Å². The molecule has 0 aliphatic carbocycles. The van der Waals surface area contributed by atoms with Gasteiger partial charge in [0.25, 0.3) is 0 Å². The lowest BCUT2D eigenvalue weighted by Crippen LogP contribution is -2.35. The lowest BCUT2D eigenvalue weighted by atomic mass is 9.95. The van der Waals surface area contributed by atoms with Gasteiger partial charge in [-0.1, -0.05) is 12.1 Å². The van der Waals surface area contributed by atoms with Crippen LogP contribution in [0.3, 0.4) is 0 Å². The first-order valence-electron chi connectivity index (χ1n) is 7.89. The first kappa shape index (κ1) is 18.0. The van der Waals surface area contributed by atoms with Crippen LogP contribution in [0.1, 0.15) is 43.1 Å². The van der Waals surface area contributed by atoms with Crippen LogP contribution in [0.2, 0.25) is 0 Å². The van der Waals surface area contributed by atoms with Gasteiger partial charge in [0.1, 0.15) is 5.60 Å². The van der Waals surface area contributed by atoms with Crippen LogP contribution < -0.4 is 0 Å². The Hall–Kier alpha value is -2.39. The predicted octanol–water partition coefficient (Wildman–Crippen LogP) is 2.36. The number of β-amino-alcohol motifs (C(OH)–C–C–N with tert-alkyl or cyclic N) is 1. The summed E-state index contributed by atoms with van der Waals surface area (Å²) >= 11 is 0. The number of ether oxygens (including phenoxy) is 1. The Bertz CT molecular complexity index is 672. The molecule has 0 spiro atoms. The smallest absolute Gasteiger partial charge is 0.410 e. The second-order valence-corrected chi connectivity index (χ2v) is 7.03. The van der Waals surface area contributed by atoms with E-state index >= 15 is 0 Å². The maximum atomic E-state index is 12.4. The molecule has 1 N–H and O–H groups in total. The number of amides is 1. The molecule has 2 rings (SSSR count). The third-order valence-corrected chi connectivity index (χ3v) is 3.82. The van der Waals surface area contributed by atoms with Crippen molar-refractivity contribution in [1.82, 2.24) is 4.90 Å². The third kappa shape index (κ3) is 4.56. The molecule has 0 bridgehead atoms. The fourth-order valence-electron chi connectivity index (χ4n) is 2.65. The van der Waals surface area contributed by atoms with E-state index in [0.29, 0.717) is 11.1 Å². The van der Waals surface area contributed by atoms with Crippen LogP contribution in [0.4, 0.5) is 4.79 Å². The average Bonchev–Trinajstić information content (AvgIpc) is 2.87. The van der Waals surface area contributed by atoms with Gasteiger partial charge in [-0.3, -0.25) is 4.79 Å². The summed E-state index contributed by atoms with van der Waals surface area (Å²) in [5.41, 5.74) is 0.258. The number of hydrogen-bond donors (Lipinski definition) is 1. The Morgan fingerprint density at radius 1 is 1.38 bits per heavy atom. The second kappa shape index (κ2) is 7.02. The number of hydrogen-bond acceptors (Lipinski definition) is 5. The molecular weight excluding hydrogens is 308 g/mol. The summed E-state index contributed by atoms with van der Waals surface area (Å²) in [6.45, 7) is 5.77. The predicted molar refractivity (Wildman–Crippen MR) is 87.4 cm³/mol. The monoisotopic (exact) mass is 330 g/mol. The van der Waals surface area contributed by atoms with Crippen LogP contribution >= 0.6 is 0 Å². The molecule has 1 saturated heterocycles. The fourth-order valence-corrected chi connectivity index (χ4v) is 2.65. The van der Waals surface area contributed by atoms with Gasteiger partial charge in [-0.25, -0.2) is 4.79 Å². The highest BCUT2D eigenvalue weighted by molar-refractivity contribution is 5.96. The van der Waals surface area contributed by atoms with E-state index < -0.39 is 17.8 Å². The van der Waals surface area contributed by atoms with Gasteiger partial charge in [-0.05, 0) is 32.9 Å². The van der Waals surface area contributed by atoms with E-state index in [9.17, 15) is 14.7 Å². The molecule has 1 heterocycles. The largest absolute Gasteiger partial charge is 0.444 e. The van der Waals surface area contributed by atoms with Crippen molar-refractivity contribution >= 4 is 11.9 Å². The summed E-state index contributed by atoms with van der Waals surface area (Å²) < 4.78 is 5.29. The van der Waals surface area contributed by atoms with Crippen molar-refractivity contribution < 1.29 is 19.4 Å². The van der Waals surface area contributed by atoms with Crippen LogP contribution in [0.15, 0.2) is 24.3 Å². The van der Waals surface area contributed by atoms with Crippen molar-refractivity contribution in [3.05, 3.63) is 35.4 Å². The molecule has 2 unspecified atom stereocenters. The molecule has 6 nitrogen and oxygen atoms in total. The van der Waals surface area contributed by atoms with Crippen molar-refractivity contribution in [2.24, 2.45) is 5.92 Å². The van der Waals surface area contributed by atoms with Crippen molar-refractivity contribution in [2.75, 3.05) is 13.1 Å². The van der Waals surface area contributed by atoms with E-state index in [1.54, 1.807) is 39.0 Å². The topological polar surface area (TPSA) is 90.6 Å². The van der Waals surface area contributed by atoms with Crippen LogP contribution in [0.5, 0.6) is 0 Å². The molecule has 1 aliphatic heterocycles. The van der Waals surface area contributed by atoms with Crippen LogP contribution in [0.25, 0.3) is 0 Å². The minimum absolute atomic E-state index is 0.120. The number of Topliss-reactive ketones (excluding diaryl/α,β-unsaturated/α-hetero) is 1. The van der Waals surface area contributed by atoms with Gasteiger partial charge in [0.05, 0.1) is 24.3 Å². The number of benzene rings is 1. The van der Waals surface area contributed by atoms with Crippen LogP contribution in [-0.4, -0.2) is 46.7 Å². The Labute approximate surface area is 141 Å². The van der Waals surface area contributed by atoms with E-state index in [4.69, 9.17) is 10.00 Å². The molecule has 1 aromatic rings. The maximum Gasteiger partial charge on any atom is 0.410 e. The van der Waals surface area contributed by atoms with E-state index in [1.807, 2.05) is 6.07 Å². The zero-order chi connectivity index (χ0) is 17.9. The summed E-state index contributed by atoms with van der Waals surface area (Å²) in [5, 5.41) is 19.0. The standard InChI is InChI=1S/C18H22N2O4/c1-18(2,3)24-17(23)20-10-14(16(22)11-20)8-15(21)13-6-4-5-12(7-13)9-19/h4-7,14,16,22H,8,10-11H2,1-3H3. The molecule has 24 heavy (non-hydrogen) atoms. The average molecular weight is 330 g/mol. The quantitative estimate of drug-likeness (QED) is 0.859. The molecule has 2 atom stereocenters. The Balaban J connectivity index is 1.99. The number of nitriles is 1. The number of carbonyl (C=O) groups excluding carboxylic acids is 2. The molecule has 1 fully saturated rings. The third-order valence-electron chi connectivity index (χ3n) is 3.82. The number of likely N-dealkylation sites (tertiary alicyclic amines) is 1. The van der Waals surface area contributed by atoms with Gasteiger partial charge in [0.2, 0.25) is 0 Å². The molecule has 0 radical (unpaired) electrons. The minimum atomic E-state index is -0.763. The molecule has 1 aliphatic rings. The van der Waals surface area contributed by atoms with Gasteiger partial charge in [-0.15, -0.1) is 0 Å². The highest BCUT2D eigenvalue weighted by Gasteiger charge is 2.37. The Morgan fingerprint density at radius 3 is 2.71 bits per heavy atom. The van der Waals surface area contributed by atoms with E-state index in [0.717, 1.165) is 0 Å². The molecule has 1 amide bonds. The Morgan fingerprint density at radius 2 is 2.08 bits per heavy atom. The van der Waals surface area contributed by atoms with Crippen LogP contribution in [-0.2, 0) is 4.74 Å². The number of carbonyl (C=O) groups is 2. The summed E-state index contributed by atoms with van der Waals surface area (Å²) in [6.07, 6.45) is -1.13. The van der Waals surface area contributed by atoms with Gasteiger partial charge in [0, 0.05) is 24.4 Å². The van der Waals surface area contributed by atoms with Gasteiger partial charge >= 0.3 is 6.09 Å². The summed E-state index contributed by atoms with van der Waals surface area (Å²) in [7, 11) is 0. The van der Waals surface area contributed by atoms with E-state index in [1.165, 1.54) is 11.0 Å². The highest BCUT2D eigenvalue weighted by atomic mass is 16.6. The maximum absolute atomic E-state index is 12.4. The normalized spacial score (nSPS) is 20.5.